The van der Waals surface area contributed by atoms with Gasteiger partial charge in [0.15, 0.2) is 0 Å². The van der Waals surface area contributed by atoms with Crippen molar-refractivity contribution in [3.63, 3.8) is 0 Å². The zero-order valence-electron chi connectivity index (χ0n) is 14.9. The zero-order chi connectivity index (χ0) is 17.5. The Bertz CT molecular complexity index is 570. The van der Waals surface area contributed by atoms with E-state index in [2.05, 4.69) is 22.8 Å². The number of benzene rings is 1. The van der Waals surface area contributed by atoms with E-state index < -0.39 is 0 Å². The van der Waals surface area contributed by atoms with Crippen LogP contribution in [0.15, 0.2) is 30.3 Å². The predicted molar refractivity (Wildman–Crippen MR) is 98.1 cm³/mol. The fourth-order valence-electron chi connectivity index (χ4n) is 3.75. The van der Waals surface area contributed by atoms with Crippen LogP contribution in [-0.2, 0) is 16.0 Å². The number of nitrogens with zero attached hydrogens (tertiary/aromatic N) is 1. The van der Waals surface area contributed by atoms with E-state index in [0.717, 1.165) is 38.9 Å². The molecule has 2 aliphatic heterocycles. The molecule has 0 aliphatic carbocycles. The Balaban J connectivity index is 1.34. The average Bonchev–Trinajstić information content (AvgIpc) is 3.31. The second kappa shape index (κ2) is 8.99. The van der Waals surface area contributed by atoms with Crippen molar-refractivity contribution in [1.82, 2.24) is 15.5 Å². The number of hydrogen-bond donors (Lipinski definition) is 2. The van der Waals surface area contributed by atoms with Gasteiger partial charge < -0.3 is 15.5 Å². The maximum absolute atomic E-state index is 12.4. The van der Waals surface area contributed by atoms with E-state index in [1.807, 2.05) is 23.1 Å². The quantitative estimate of drug-likeness (QED) is 0.793. The molecular formula is C20H29N3O2. The minimum absolute atomic E-state index is 0.120. The minimum atomic E-state index is 0.120. The molecule has 2 unspecified atom stereocenters. The van der Waals surface area contributed by atoms with E-state index in [1.54, 1.807) is 0 Å². The molecular weight excluding hydrogens is 314 g/mol. The summed E-state index contributed by atoms with van der Waals surface area (Å²) >= 11 is 0. The molecule has 3 rings (SSSR count). The first kappa shape index (κ1) is 17.9. The lowest BCUT2D eigenvalue weighted by molar-refractivity contribution is -0.130. The van der Waals surface area contributed by atoms with Crippen molar-refractivity contribution >= 4 is 11.8 Å². The molecule has 0 saturated carbocycles. The van der Waals surface area contributed by atoms with Gasteiger partial charge in [-0.05, 0) is 50.3 Å². The van der Waals surface area contributed by atoms with Gasteiger partial charge in [0.25, 0.3) is 0 Å². The topological polar surface area (TPSA) is 61.4 Å². The van der Waals surface area contributed by atoms with Gasteiger partial charge >= 0.3 is 0 Å². The highest BCUT2D eigenvalue weighted by molar-refractivity contribution is 5.78. The van der Waals surface area contributed by atoms with Crippen LogP contribution in [0.5, 0.6) is 0 Å². The van der Waals surface area contributed by atoms with Crippen LogP contribution < -0.4 is 10.6 Å². The maximum Gasteiger partial charge on any atom is 0.222 e. The number of carbonyl (C=O) groups excluding carboxylic acids is 2. The van der Waals surface area contributed by atoms with E-state index in [0.29, 0.717) is 25.3 Å². The number of hydrogen-bond acceptors (Lipinski definition) is 3. The molecule has 5 nitrogen and oxygen atoms in total. The van der Waals surface area contributed by atoms with Crippen molar-refractivity contribution in [2.75, 3.05) is 26.2 Å². The fourth-order valence-corrected chi connectivity index (χ4v) is 3.75. The number of carbonyl (C=O) groups is 2. The molecule has 1 aromatic rings. The molecule has 25 heavy (non-hydrogen) atoms. The number of aryl methyl sites for hydroxylation is 1. The molecule has 2 saturated heterocycles. The number of rotatable bonds is 7. The number of nitrogens with one attached hydrogen (secondary N) is 2. The van der Waals surface area contributed by atoms with Crippen LogP contribution in [0, 0.1) is 5.92 Å². The summed E-state index contributed by atoms with van der Waals surface area (Å²) in [5.41, 5.74) is 1.20. The molecule has 0 radical (unpaired) electrons. The maximum atomic E-state index is 12.4. The third kappa shape index (κ3) is 5.56. The van der Waals surface area contributed by atoms with Gasteiger partial charge in [0.2, 0.25) is 11.8 Å². The standard InChI is InChI=1S/C20H29N3O2/c24-19(8-6-17-10-12-21-14-17)22-18-11-13-23(15-18)20(25)9-7-16-4-2-1-3-5-16/h1-5,17-18,21H,6-15H2,(H,22,24). The Morgan fingerprint density at radius 1 is 1.16 bits per heavy atom. The van der Waals surface area contributed by atoms with Crippen LogP contribution >= 0.6 is 0 Å². The molecule has 136 valence electrons. The smallest absolute Gasteiger partial charge is 0.222 e. The zero-order valence-corrected chi connectivity index (χ0v) is 14.9. The largest absolute Gasteiger partial charge is 0.352 e. The van der Waals surface area contributed by atoms with Crippen molar-refractivity contribution in [2.24, 2.45) is 5.92 Å². The third-order valence-corrected chi connectivity index (χ3v) is 5.32. The first-order valence-corrected chi connectivity index (χ1v) is 9.52. The van der Waals surface area contributed by atoms with Gasteiger partial charge in [0.05, 0.1) is 0 Å². The second-order valence-corrected chi connectivity index (χ2v) is 7.28. The highest BCUT2D eigenvalue weighted by atomic mass is 16.2. The summed E-state index contributed by atoms with van der Waals surface area (Å²) in [6, 6.07) is 10.2. The summed E-state index contributed by atoms with van der Waals surface area (Å²) in [7, 11) is 0. The molecule has 2 amide bonds. The Kier molecular flexibility index (Phi) is 6.45. The summed E-state index contributed by atoms with van der Waals surface area (Å²) in [6.07, 6.45) is 4.94. The lowest BCUT2D eigenvalue weighted by Crippen LogP contribution is -2.38. The van der Waals surface area contributed by atoms with Crippen LogP contribution in [0.2, 0.25) is 0 Å². The SMILES string of the molecule is O=C(CCC1CCNC1)NC1CCN(C(=O)CCc2ccccc2)C1. The van der Waals surface area contributed by atoms with Crippen LogP contribution in [0.3, 0.4) is 0 Å². The summed E-state index contributed by atoms with van der Waals surface area (Å²) in [6.45, 7) is 3.53. The van der Waals surface area contributed by atoms with Crippen molar-refractivity contribution in [2.45, 2.75) is 44.6 Å². The Hall–Kier alpha value is -1.88. The molecule has 2 atom stereocenters. The normalized spacial score (nSPS) is 23.0. The van der Waals surface area contributed by atoms with E-state index in [1.165, 1.54) is 12.0 Å². The Morgan fingerprint density at radius 2 is 2.00 bits per heavy atom. The van der Waals surface area contributed by atoms with Crippen LogP contribution in [-0.4, -0.2) is 48.9 Å². The number of likely N-dealkylation sites (tertiary alicyclic amines) is 1. The van der Waals surface area contributed by atoms with Crippen molar-refractivity contribution in [1.29, 1.82) is 0 Å². The van der Waals surface area contributed by atoms with Gasteiger partial charge in [0, 0.05) is 32.0 Å². The minimum Gasteiger partial charge on any atom is -0.352 e. The molecule has 0 aromatic heterocycles. The second-order valence-electron chi connectivity index (χ2n) is 7.28. The van der Waals surface area contributed by atoms with E-state index in [4.69, 9.17) is 0 Å². The van der Waals surface area contributed by atoms with Crippen LogP contribution in [0.4, 0.5) is 0 Å². The lowest BCUT2D eigenvalue weighted by atomic mass is 10.0. The molecule has 0 spiro atoms. The summed E-state index contributed by atoms with van der Waals surface area (Å²) < 4.78 is 0. The molecule has 2 aliphatic rings. The van der Waals surface area contributed by atoms with Gasteiger partial charge in [-0.1, -0.05) is 30.3 Å². The first-order chi connectivity index (χ1) is 12.2. The van der Waals surface area contributed by atoms with Crippen LogP contribution in [0.25, 0.3) is 0 Å². The Labute approximate surface area is 150 Å². The van der Waals surface area contributed by atoms with Gasteiger partial charge in [-0.25, -0.2) is 0 Å². The molecule has 1 aromatic carbocycles. The lowest BCUT2D eigenvalue weighted by Gasteiger charge is -2.17. The fraction of sp³-hybridized carbons (Fsp3) is 0.600. The predicted octanol–water partition coefficient (Wildman–Crippen LogP) is 1.73. The Morgan fingerprint density at radius 3 is 2.76 bits per heavy atom. The highest BCUT2D eigenvalue weighted by Gasteiger charge is 2.27. The van der Waals surface area contributed by atoms with E-state index in [9.17, 15) is 9.59 Å². The van der Waals surface area contributed by atoms with Crippen molar-refractivity contribution < 1.29 is 9.59 Å². The van der Waals surface area contributed by atoms with Crippen molar-refractivity contribution in [3.8, 4) is 0 Å². The van der Waals surface area contributed by atoms with Gasteiger partial charge in [0.1, 0.15) is 0 Å². The molecule has 2 heterocycles. The highest BCUT2D eigenvalue weighted by Crippen LogP contribution is 2.16. The van der Waals surface area contributed by atoms with Gasteiger partial charge in [-0.2, -0.15) is 0 Å². The monoisotopic (exact) mass is 343 g/mol. The molecule has 2 N–H and O–H groups in total. The summed E-state index contributed by atoms with van der Waals surface area (Å²) in [4.78, 5) is 26.4. The third-order valence-electron chi connectivity index (χ3n) is 5.32. The molecule has 5 heteroatoms. The van der Waals surface area contributed by atoms with Gasteiger partial charge in [-0.15, -0.1) is 0 Å². The number of amides is 2. The molecule has 2 fully saturated rings. The van der Waals surface area contributed by atoms with Crippen molar-refractivity contribution in [3.05, 3.63) is 35.9 Å². The van der Waals surface area contributed by atoms with E-state index >= 15 is 0 Å². The van der Waals surface area contributed by atoms with E-state index in [-0.39, 0.29) is 17.9 Å². The van der Waals surface area contributed by atoms with Crippen LogP contribution in [0.1, 0.15) is 37.7 Å². The summed E-state index contributed by atoms with van der Waals surface area (Å²) in [5, 5.41) is 6.44. The average molecular weight is 343 g/mol. The van der Waals surface area contributed by atoms with Gasteiger partial charge in [-0.3, -0.25) is 9.59 Å². The first-order valence-electron chi connectivity index (χ1n) is 9.52. The summed E-state index contributed by atoms with van der Waals surface area (Å²) in [5.74, 6) is 0.971. The molecule has 0 bridgehead atoms.